The Hall–Kier alpha value is -1.79. The van der Waals surface area contributed by atoms with Crippen LogP contribution in [0.15, 0.2) is 18.2 Å². The van der Waals surface area contributed by atoms with Crippen LogP contribution in [0.3, 0.4) is 0 Å². The summed E-state index contributed by atoms with van der Waals surface area (Å²) in [6.45, 7) is 1.85. The van der Waals surface area contributed by atoms with E-state index in [-0.39, 0.29) is 17.9 Å². The number of ether oxygens (including phenoxy) is 1. The van der Waals surface area contributed by atoms with E-state index in [1.165, 1.54) is 18.2 Å². The fourth-order valence-corrected chi connectivity index (χ4v) is 1.61. The monoisotopic (exact) mass is 270 g/mol. The van der Waals surface area contributed by atoms with Crippen LogP contribution in [0.25, 0.3) is 0 Å². The highest BCUT2D eigenvalue weighted by Gasteiger charge is 2.22. The van der Waals surface area contributed by atoms with Gasteiger partial charge in [-0.1, -0.05) is 19.4 Å². The fraction of sp³-hybridized carbons (Fsp3) is 0.462. The number of aliphatic carboxylic acids is 1. The minimum atomic E-state index is -1.20. The minimum Gasteiger partial charge on any atom is -0.504 e. The number of aliphatic hydroxyl groups is 1. The van der Waals surface area contributed by atoms with E-state index in [1.807, 2.05) is 6.92 Å². The number of phenols is 2. The first-order valence-corrected chi connectivity index (χ1v) is 6.01. The molecule has 0 saturated carbocycles. The zero-order chi connectivity index (χ0) is 14.4. The van der Waals surface area contributed by atoms with Crippen molar-refractivity contribution in [3.63, 3.8) is 0 Å². The van der Waals surface area contributed by atoms with Crippen molar-refractivity contribution in [2.75, 3.05) is 0 Å². The van der Waals surface area contributed by atoms with E-state index >= 15 is 0 Å². The van der Waals surface area contributed by atoms with Crippen molar-refractivity contribution >= 4 is 5.97 Å². The maximum absolute atomic E-state index is 11.0. The van der Waals surface area contributed by atoms with E-state index in [0.717, 1.165) is 0 Å². The van der Waals surface area contributed by atoms with Gasteiger partial charge in [0, 0.05) is 6.42 Å². The first-order valence-electron chi connectivity index (χ1n) is 6.01. The Balaban J connectivity index is 2.72. The first kappa shape index (κ1) is 15.3. The van der Waals surface area contributed by atoms with Crippen LogP contribution >= 0.6 is 0 Å². The minimum absolute atomic E-state index is 0.00997. The lowest BCUT2D eigenvalue weighted by Gasteiger charge is -2.18. The summed E-state index contributed by atoms with van der Waals surface area (Å²) in [4.78, 5) is 11.0. The van der Waals surface area contributed by atoms with Gasteiger partial charge in [-0.15, -0.1) is 0 Å². The van der Waals surface area contributed by atoms with Crippen molar-refractivity contribution in [2.45, 2.75) is 38.6 Å². The Labute approximate surface area is 110 Å². The maximum atomic E-state index is 11.0. The molecule has 0 bridgehead atoms. The first-order chi connectivity index (χ1) is 8.93. The molecule has 0 fully saturated rings. The van der Waals surface area contributed by atoms with Crippen LogP contribution in [0.2, 0.25) is 0 Å². The van der Waals surface area contributed by atoms with Gasteiger partial charge in [-0.3, -0.25) is 0 Å². The number of carboxylic acids is 1. The molecule has 0 aliphatic rings. The smallest absolute Gasteiger partial charge is 0.333 e. The number of benzene rings is 1. The van der Waals surface area contributed by atoms with Gasteiger partial charge in [0.05, 0.1) is 0 Å². The summed E-state index contributed by atoms with van der Waals surface area (Å²) in [7, 11) is 0. The Morgan fingerprint density at radius 3 is 2.53 bits per heavy atom. The average Bonchev–Trinajstić information content (AvgIpc) is 2.33. The predicted octanol–water partition coefficient (Wildman–Crippen LogP) is 1.23. The van der Waals surface area contributed by atoms with Crippen LogP contribution in [0.5, 0.6) is 11.5 Å². The van der Waals surface area contributed by atoms with Gasteiger partial charge >= 0.3 is 5.97 Å². The molecule has 0 radical (unpaired) electrons. The van der Waals surface area contributed by atoms with Crippen LogP contribution in [-0.4, -0.2) is 38.8 Å². The number of carboxylic acid groups (broad SMARTS) is 1. The molecule has 0 aromatic heterocycles. The topological polar surface area (TPSA) is 107 Å². The van der Waals surface area contributed by atoms with Crippen LogP contribution in [0.4, 0.5) is 0 Å². The third-order valence-electron chi connectivity index (χ3n) is 2.59. The zero-order valence-corrected chi connectivity index (χ0v) is 10.6. The summed E-state index contributed by atoms with van der Waals surface area (Å²) in [5, 5.41) is 37.0. The van der Waals surface area contributed by atoms with E-state index in [1.54, 1.807) is 0 Å². The van der Waals surface area contributed by atoms with Crippen molar-refractivity contribution in [1.82, 2.24) is 0 Å². The van der Waals surface area contributed by atoms with E-state index in [9.17, 15) is 15.0 Å². The second-order valence-corrected chi connectivity index (χ2v) is 4.23. The van der Waals surface area contributed by atoms with Gasteiger partial charge < -0.3 is 25.2 Å². The van der Waals surface area contributed by atoms with Crippen LogP contribution < -0.4 is 0 Å². The standard InChI is InChI=1S/C13H18O6/c1-2-3-12(16)19-11(13(17)18)7-8-4-5-9(14)10(15)6-8/h4-6,11-12,14-16H,2-3,7H2,1H3,(H,17,18). The van der Waals surface area contributed by atoms with E-state index in [4.69, 9.17) is 14.9 Å². The molecule has 6 heteroatoms. The molecule has 4 N–H and O–H groups in total. The van der Waals surface area contributed by atoms with E-state index < -0.39 is 18.4 Å². The number of rotatable bonds is 7. The number of aliphatic hydroxyl groups excluding tert-OH is 1. The van der Waals surface area contributed by atoms with Crippen LogP contribution in [0.1, 0.15) is 25.3 Å². The Kier molecular flexibility index (Phi) is 5.59. The largest absolute Gasteiger partial charge is 0.504 e. The van der Waals surface area contributed by atoms with Crippen molar-refractivity contribution in [3.05, 3.63) is 23.8 Å². The Morgan fingerprint density at radius 1 is 1.32 bits per heavy atom. The molecule has 106 valence electrons. The molecule has 6 nitrogen and oxygen atoms in total. The second-order valence-electron chi connectivity index (χ2n) is 4.23. The second kappa shape index (κ2) is 6.96. The highest BCUT2D eigenvalue weighted by Crippen LogP contribution is 2.25. The average molecular weight is 270 g/mol. The normalized spacial score (nSPS) is 14.0. The van der Waals surface area contributed by atoms with E-state index in [2.05, 4.69) is 0 Å². The molecule has 0 amide bonds. The summed E-state index contributed by atoms with van der Waals surface area (Å²) >= 11 is 0. The van der Waals surface area contributed by atoms with Crippen molar-refractivity contribution in [3.8, 4) is 11.5 Å². The van der Waals surface area contributed by atoms with Gasteiger partial charge in [-0.05, 0) is 24.1 Å². The van der Waals surface area contributed by atoms with Gasteiger partial charge in [0.25, 0.3) is 0 Å². The lowest BCUT2D eigenvalue weighted by atomic mass is 10.1. The molecule has 0 spiro atoms. The number of hydrogen-bond acceptors (Lipinski definition) is 5. The van der Waals surface area contributed by atoms with Gasteiger partial charge in [0.1, 0.15) is 0 Å². The maximum Gasteiger partial charge on any atom is 0.333 e. The van der Waals surface area contributed by atoms with Crippen molar-refractivity contribution < 1.29 is 30.0 Å². The molecule has 1 rings (SSSR count). The highest BCUT2D eigenvalue weighted by molar-refractivity contribution is 5.72. The molecule has 0 saturated heterocycles. The quantitative estimate of drug-likeness (QED) is 0.438. The van der Waals surface area contributed by atoms with E-state index in [0.29, 0.717) is 18.4 Å². The van der Waals surface area contributed by atoms with Crippen LogP contribution in [-0.2, 0) is 16.0 Å². The molecule has 0 aliphatic heterocycles. The molecule has 2 atom stereocenters. The number of phenolic OH excluding ortho intramolecular Hbond substituents is 2. The van der Waals surface area contributed by atoms with Gasteiger partial charge in [0.2, 0.25) is 0 Å². The lowest BCUT2D eigenvalue weighted by molar-refractivity contribution is -0.175. The Bertz CT molecular complexity index is 431. The number of hydrogen-bond donors (Lipinski definition) is 4. The molecule has 0 heterocycles. The molecule has 19 heavy (non-hydrogen) atoms. The summed E-state index contributed by atoms with van der Waals surface area (Å²) in [6.07, 6.45) is -1.32. The van der Waals surface area contributed by atoms with Crippen molar-refractivity contribution in [1.29, 1.82) is 0 Å². The molecule has 1 aromatic rings. The molecule has 1 aromatic carbocycles. The molecule has 2 unspecified atom stereocenters. The van der Waals surface area contributed by atoms with Crippen LogP contribution in [0, 0.1) is 0 Å². The SMILES string of the molecule is CCCC(O)OC(Cc1ccc(O)c(O)c1)C(=O)O. The highest BCUT2D eigenvalue weighted by atomic mass is 16.6. The summed E-state index contributed by atoms with van der Waals surface area (Å²) in [5.74, 6) is -1.79. The van der Waals surface area contributed by atoms with Gasteiger partial charge in [0.15, 0.2) is 23.9 Å². The lowest BCUT2D eigenvalue weighted by Crippen LogP contribution is -2.31. The molecular formula is C13H18O6. The predicted molar refractivity (Wildman–Crippen MR) is 66.9 cm³/mol. The third-order valence-corrected chi connectivity index (χ3v) is 2.59. The third kappa shape index (κ3) is 4.76. The summed E-state index contributed by atoms with van der Waals surface area (Å²) in [6, 6.07) is 4.02. The van der Waals surface area contributed by atoms with Gasteiger partial charge in [-0.2, -0.15) is 0 Å². The fourth-order valence-electron chi connectivity index (χ4n) is 1.61. The number of aromatic hydroxyl groups is 2. The number of carbonyl (C=O) groups is 1. The molecule has 0 aliphatic carbocycles. The van der Waals surface area contributed by atoms with Gasteiger partial charge in [-0.25, -0.2) is 4.79 Å². The Morgan fingerprint density at radius 2 is 2.00 bits per heavy atom. The summed E-state index contributed by atoms with van der Waals surface area (Å²) in [5.41, 5.74) is 0.492. The van der Waals surface area contributed by atoms with Crippen molar-refractivity contribution in [2.24, 2.45) is 0 Å². The zero-order valence-electron chi connectivity index (χ0n) is 10.6. The molecular weight excluding hydrogens is 252 g/mol. The summed E-state index contributed by atoms with van der Waals surface area (Å²) < 4.78 is 5.04.